The molecule has 0 aliphatic rings. The van der Waals surface area contributed by atoms with Crippen LogP contribution in [0.1, 0.15) is 78.1 Å². The molecular formula is C15H33O11P. The molecule has 0 saturated heterocycles. The highest BCUT2D eigenvalue weighted by molar-refractivity contribution is 7.45. The molecule has 0 aromatic rings. The first-order valence-corrected chi connectivity index (χ1v) is 10.5. The van der Waals surface area contributed by atoms with Gasteiger partial charge in [-0.3, -0.25) is 0 Å². The molecule has 27 heavy (non-hydrogen) atoms. The van der Waals surface area contributed by atoms with E-state index in [2.05, 4.69) is 37.0 Å². The molecule has 0 heterocycles. The zero-order chi connectivity index (χ0) is 20.6. The molecule has 0 unspecified atom stereocenters. The molecule has 0 aliphatic carbocycles. The van der Waals surface area contributed by atoms with Crippen molar-refractivity contribution < 1.29 is 54.2 Å². The van der Waals surface area contributed by atoms with Crippen LogP contribution in [0.25, 0.3) is 0 Å². The maximum Gasteiger partial charge on any atom is 0.466 e. The van der Waals surface area contributed by atoms with Gasteiger partial charge in [-0.25, -0.2) is 9.45 Å². The molecule has 0 aromatic heterocycles. The van der Waals surface area contributed by atoms with E-state index in [1.807, 2.05) is 0 Å². The molecule has 0 radical (unpaired) electrons. The second kappa shape index (κ2) is 23.4. The van der Waals surface area contributed by atoms with Crippen molar-refractivity contribution >= 4 is 7.82 Å². The molecule has 0 bridgehead atoms. The van der Waals surface area contributed by atoms with Crippen LogP contribution in [0, 0.1) is 0 Å². The Balaban J connectivity index is 0. The summed E-state index contributed by atoms with van der Waals surface area (Å²) < 4.78 is 8.88. The minimum Gasteiger partial charge on any atom is -0.314 e. The van der Waals surface area contributed by atoms with Gasteiger partial charge in [0.05, 0.1) is 6.61 Å². The van der Waals surface area contributed by atoms with Crippen molar-refractivity contribution in [3.8, 4) is 0 Å². The summed E-state index contributed by atoms with van der Waals surface area (Å²) in [5.74, 6) is 0. The van der Waals surface area contributed by atoms with Crippen molar-refractivity contribution in [3.63, 3.8) is 0 Å². The highest BCUT2D eigenvalue weighted by atomic mass is 31.2. The van der Waals surface area contributed by atoms with Gasteiger partial charge in [0.1, 0.15) is 6.26 Å². The average Bonchev–Trinajstić information content (AvgIpc) is 2.59. The SMILES string of the molecule is CC=COOOOOOOCCCCCCCCCCCC.O=P(O)(O)O. The van der Waals surface area contributed by atoms with E-state index in [0.29, 0.717) is 6.61 Å². The normalized spacial score (nSPS) is 11.4. The molecule has 164 valence electrons. The third kappa shape index (κ3) is 41.1. The van der Waals surface area contributed by atoms with Crippen LogP contribution in [0.4, 0.5) is 0 Å². The molecule has 12 heteroatoms. The first-order valence-electron chi connectivity index (χ1n) is 8.92. The summed E-state index contributed by atoms with van der Waals surface area (Å²) in [6.45, 7) is 4.41. The van der Waals surface area contributed by atoms with E-state index in [4.69, 9.17) is 24.1 Å². The quantitative estimate of drug-likeness (QED) is 0.0968. The topological polar surface area (TPSA) is 142 Å². The summed E-state index contributed by atoms with van der Waals surface area (Å²) in [4.78, 5) is 30.6. The van der Waals surface area contributed by atoms with Crippen LogP contribution in [-0.4, -0.2) is 21.3 Å². The summed E-state index contributed by atoms with van der Waals surface area (Å²) in [5, 5.41) is 20.2. The zero-order valence-corrected chi connectivity index (χ0v) is 16.9. The molecule has 0 amide bonds. The van der Waals surface area contributed by atoms with Gasteiger partial charge in [0.25, 0.3) is 0 Å². The van der Waals surface area contributed by atoms with Crippen LogP contribution >= 0.6 is 7.82 Å². The fourth-order valence-corrected chi connectivity index (χ4v) is 1.83. The van der Waals surface area contributed by atoms with Gasteiger partial charge in [-0.05, 0) is 29.5 Å². The lowest BCUT2D eigenvalue weighted by Crippen LogP contribution is -2.01. The minimum atomic E-state index is -4.64. The van der Waals surface area contributed by atoms with Crippen molar-refractivity contribution in [1.29, 1.82) is 0 Å². The van der Waals surface area contributed by atoms with Crippen LogP contribution < -0.4 is 0 Å². The molecule has 0 fully saturated rings. The number of hydrogen-bond donors (Lipinski definition) is 3. The van der Waals surface area contributed by atoms with E-state index in [1.165, 1.54) is 57.6 Å². The van der Waals surface area contributed by atoms with Crippen molar-refractivity contribution in [2.24, 2.45) is 0 Å². The van der Waals surface area contributed by atoms with Gasteiger partial charge in [-0.1, -0.05) is 64.7 Å². The lowest BCUT2D eigenvalue weighted by atomic mass is 10.1. The Morgan fingerprint density at radius 1 is 0.741 bits per heavy atom. The molecule has 0 saturated carbocycles. The molecule has 3 N–H and O–H groups in total. The van der Waals surface area contributed by atoms with Crippen molar-refractivity contribution in [2.75, 3.05) is 6.61 Å². The van der Waals surface area contributed by atoms with Crippen LogP contribution in [-0.2, 0) is 39.5 Å². The number of unbranched alkanes of at least 4 members (excludes halogenated alkanes) is 9. The summed E-state index contributed by atoms with van der Waals surface area (Å²) in [5.41, 5.74) is 0. The number of rotatable bonds is 18. The first kappa shape index (κ1) is 28.6. The van der Waals surface area contributed by atoms with Crippen LogP contribution in [0.5, 0.6) is 0 Å². The Morgan fingerprint density at radius 3 is 1.70 bits per heavy atom. The summed E-state index contributed by atoms with van der Waals surface area (Å²) >= 11 is 0. The molecule has 0 spiro atoms. The minimum absolute atomic E-state index is 0.426. The predicted molar refractivity (Wildman–Crippen MR) is 93.4 cm³/mol. The van der Waals surface area contributed by atoms with Crippen molar-refractivity contribution in [2.45, 2.75) is 78.1 Å². The summed E-state index contributed by atoms with van der Waals surface area (Å²) in [6, 6.07) is 0. The second-order valence-electron chi connectivity index (χ2n) is 5.42. The van der Waals surface area contributed by atoms with Crippen molar-refractivity contribution in [3.05, 3.63) is 12.3 Å². The van der Waals surface area contributed by atoms with E-state index in [0.717, 1.165) is 12.8 Å². The summed E-state index contributed by atoms with van der Waals surface area (Å²) in [6.07, 6.45) is 15.4. The smallest absolute Gasteiger partial charge is 0.314 e. The monoisotopic (exact) mass is 420 g/mol. The third-order valence-corrected chi connectivity index (χ3v) is 2.97. The van der Waals surface area contributed by atoms with Crippen LogP contribution in [0.15, 0.2) is 12.3 Å². The Kier molecular flexibility index (Phi) is 24.9. The van der Waals surface area contributed by atoms with Gasteiger partial charge in [-0.15, -0.1) is 0 Å². The van der Waals surface area contributed by atoms with Crippen LogP contribution in [0.2, 0.25) is 0 Å². The van der Waals surface area contributed by atoms with E-state index >= 15 is 0 Å². The molecule has 0 aromatic carbocycles. The molecule has 0 rings (SSSR count). The van der Waals surface area contributed by atoms with Crippen LogP contribution in [0.3, 0.4) is 0 Å². The van der Waals surface area contributed by atoms with Gasteiger partial charge >= 0.3 is 7.82 Å². The Morgan fingerprint density at radius 2 is 1.19 bits per heavy atom. The Bertz CT molecular complexity index is 340. The third-order valence-electron chi connectivity index (χ3n) is 2.97. The van der Waals surface area contributed by atoms with E-state index < -0.39 is 7.82 Å². The molecule has 0 atom stereocenters. The van der Waals surface area contributed by atoms with Crippen molar-refractivity contribution in [1.82, 2.24) is 0 Å². The lowest BCUT2D eigenvalue weighted by Gasteiger charge is -2.02. The first-order chi connectivity index (χ1) is 12.9. The fraction of sp³-hybridized carbons (Fsp3) is 0.867. The average molecular weight is 420 g/mol. The van der Waals surface area contributed by atoms with Gasteiger partial charge in [0.15, 0.2) is 0 Å². The standard InChI is InChI=1S/C15H30O7.H3O4P/c1-3-5-6-7-8-9-10-11-12-13-15-17-19-21-22-20-18-16-14-4-2;1-5(2,3)4/h4,14H,3,5-13,15H2,1-2H3;(H3,1,2,3,4). The second-order valence-corrected chi connectivity index (χ2v) is 6.45. The highest BCUT2D eigenvalue weighted by Crippen LogP contribution is 2.25. The maximum absolute atomic E-state index is 8.88. The number of allylic oxidation sites excluding steroid dienone is 1. The molecule has 11 nitrogen and oxygen atoms in total. The highest BCUT2D eigenvalue weighted by Gasteiger charge is 2.00. The maximum atomic E-state index is 8.88. The Hall–Kier alpha value is -0.590. The van der Waals surface area contributed by atoms with Gasteiger partial charge in [-0.2, -0.15) is 0 Å². The van der Waals surface area contributed by atoms with Gasteiger partial charge in [0, 0.05) is 15.1 Å². The largest absolute Gasteiger partial charge is 0.466 e. The molecule has 0 aliphatic heterocycles. The number of hydrogen-bond acceptors (Lipinski definition) is 8. The van der Waals surface area contributed by atoms with Gasteiger partial charge in [0.2, 0.25) is 0 Å². The number of phosphoric acid groups is 1. The zero-order valence-electron chi connectivity index (χ0n) is 16.0. The van der Waals surface area contributed by atoms with E-state index in [9.17, 15) is 0 Å². The van der Waals surface area contributed by atoms with Gasteiger partial charge < -0.3 is 19.6 Å². The predicted octanol–water partition coefficient (Wildman–Crippen LogP) is 4.12. The Labute approximate surface area is 159 Å². The summed E-state index contributed by atoms with van der Waals surface area (Å²) in [7, 11) is -4.64. The van der Waals surface area contributed by atoms with E-state index in [-0.39, 0.29) is 0 Å². The van der Waals surface area contributed by atoms with E-state index in [1.54, 1.807) is 13.0 Å². The fourth-order valence-electron chi connectivity index (χ4n) is 1.83. The lowest BCUT2D eigenvalue weighted by molar-refractivity contribution is -0.786. The molecular weight excluding hydrogens is 387 g/mol.